The zero-order valence-electron chi connectivity index (χ0n) is 14.5. The molecule has 1 saturated carbocycles. The highest BCUT2D eigenvalue weighted by molar-refractivity contribution is 5.70. The lowest BCUT2D eigenvalue weighted by Gasteiger charge is -2.43. The fraction of sp³-hybridized carbons (Fsp3) is 0.941. The van der Waals surface area contributed by atoms with Gasteiger partial charge in [-0.05, 0) is 59.3 Å². The van der Waals surface area contributed by atoms with Gasteiger partial charge < -0.3 is 14.2 Å². The zero-order chi connectivity index (χ0) is 16.2. The fourth-order valence-electron chi connectivity index (χ4n) is 3.68. The van der Waals surface area contributed by atoms with Crippen LogP contribution < -0.4 is 0 Å². The summed E-state index contributed by atoms with van der Waals surface area (Å²) >= 11 is 0. The number of nitrogens with zero attached hydrogens (tertiary/aromatic N) is 1. The number of hydrogen-bond acceptors (Lipinski definition) is 4. The van der Waals surface area contributed by atoms with Crippen LogP contribution in [0.3, 0.4) is 0 Å². The van der Waals surface area contributed by atoms with Gasteiger partial charge in [-0.1, -0.05) is 6.42 Å². The number of amides is 1. The number of rotatable bonds is 5. The van der Waals surface area contributed by atoms with Crippen molar-refractivity contribution in [1.82, 2.24) is 4.90 Å². The Morgan fingerprint density at radius 1 is 1.27 bits per heavy atom. The van der Waals surface area contributed by atoms with Crippen LogP contribution in [0.25, 0.3) is 0 Å². The Kier molecular flexibility index (Phi) is 5.72. The van der Waals surface area contributed by atoms with Gasteiger partial charge in [-0.2, -0.15) is 0 Å². The van der Waals surface area contributed by atoms with E-state index in [4.69, 9.17) is 14.2 Å². The van der Waals surface area contributed by atoms with E-state index in [1.165, 1.54) is 6.42 Å². The van der Waals surface area contributed by atoms with Gasteiger partial charge >= 0.3 is 6.09 Å². The fourth-order valence-corrected chi connectivity index (χ4v) is 3.68. The van der Waals surface area contributed by atoms with E-state index in [-0.39, 0.29) is 17.7 Å². The Hall–Kier alpha value is -0.810. The van der Waals surface area contributed by atoms with E-state index in [1.807, 2.05) is 11.8 Å². The van der Waals surface area contributed by atoms with Crippen LogP contribution in [0.4, 0.5) is 4.79 Å². The molecule has 2 aliphatic rings. The Labute approximate surface area is 134 Å². The molecular weight excluding hydrogens is 282 g/mol. The molecule has 1 atom stereocenters. The van der Waals surface area contributed by atoms with Gasteiger partial charge in [0.15, 0.2) is 0 Å². The Morgan fingerprint density at radius 3 is 2.59 bits per heavy atom. The Balaban J connectivity index is 2.01. The number of hydrogen-bond donors (Lipinski definition) is 0. The van der Waals surface area contributed by atoms with Crippen LogP contribution in [0.5, 0.6) is 0 Å². The molecule has 0 aromatic carbocycles. The summed E-state index contributed by atoms with van der Waals surface area (Å²) in [5.74, 6) is 0. The largest absolute Gasteiger partial charge is 0.446 e. The van der Waals surface area contributed by atoms with Crippen LogP contribution in [0, 0.1) is 0 Å². The molecule has 5 nitrogen and oxygen atoms in total. The third-order valence-electron chi connectivity index (χ3n) is 4.79. The number of carbonyl (C=O) groups is 1. The molecule has 22 heavy (non-hydrogen) atoms. The first-order valence-corrected chi connectivity index (χ1v) is 8.55. The quantitative estimate of drug-likeness (QED) is 0.726. The van der Waals surface area contributed by atoms with E-state index in [2.05, 4.69) is 13.8 Å². The zero-order valence-corrected chi connectivity index (χ0v) is 14.5. The minimum atomic E-state index is -0.439. The molecular formula is C17H31NO4. The Morgan fingerprint density at radius 2 is 1.95 bits per heavy atom. The first-order chi connectivity index (χ1) is 10.4. The number of methoxy groups -OCH3 is 1. The first kappa shape index (κ1) is 17.5. The predicted molar refractivity (Wildman–Crippen MR) is 84.7 cm³/mol. The maximum absolute atomic E-state index is 12.8. The normalized spacial score (nSPS) is 24.5. The lowest BCUT2D eigenvalue weighted by Crippen LogP contribution is -2.56. The minimum Gasteiger partial charge on any atom is -0.446 e. The van der Waals surface area contributed by atoms with E-state index >= 15 is 0 Å². The highest BCUT2D eigenvalue weighted by Crippen LogP contribution is 2.44. The molecule has 0 bridgehead atoms. The van der Waals surface area contributed by atoms with Gasteiger partial charge in [0.1, 0.15) is 11.8 Å². The van der Waals surface area contributed by atoms with Crippen molar-refractivity contribution in [3.05, 3.63) is 0 Å². The van der Waals surface area contributed by atoms with E-state index in [1.54, 1.807) is 7.11 Å². The van der Waals surface area contributed by atoms with Gasteiger partial charge in [0, 0.05) is 13.7 Å². The van der Waals surface area contributed by atoms with Gasteiger partial charge in [0.25, 0.3) is 0 Å². The lowest BCUT2D eigenvalue weighted by atomic mass is 9.89. The maximum Gasteiger partial charge on any atom is 0.412 e. The van der Waals surface area contributed by atoms with Crippen LogP contribution in [0.15, 0.2) is 0 Å². The van der Waals surface area contributed by atoms with Gasteiger partial charge in [-0.25, -0.2) is 4.79 Å². The molecule has 1 aliphatic heterocycles. The first-order valence-electron chi connectivity index (χ1n) is 8.55. The molecule has 5 heteroatoms. The molecule has 0 N–H and O–H groups in total. The second kappa shape index (κ2) is 7.18. The van der Waals surface area contributed by atoms with Crippen molar-refractivity contribution in [3.63, 3.8) is 0 Å². The standard InChI is InChI=1S/C17H31NO4/c1-14(9-8-12-20-4)22-15(19)18-16(2,3)13-21-17(18)10-6-5-7-11-17/h14H,5-13H2,1-4H3/t14-/m0/s1. The summed E-state index contributed by atoms with van der Waals surface area (Å²) in [6.45, 7) is 7.36. The second-order valence-corrected chi connectivity index (χ2v) is 7.27. The van der Waals surface area contributed by atoms with Crippen LogP contribution in [-0.4, -0.2) is 48.7 Å². The molecule has 1 amide bonds. The van der Waals surface area contributed by atoms with Crippen molar-refractivity contribution >= 4 is 6.09 Å². The molecule has 2 rings (SSSR count). The summed E-state index contributed by atoms with van der Waals surface area (Å²) in [6.07, 6.45) is 6.69. The van der Waals surface area contributed by atoms with Gasteiger partial charge in [-0.3, -0.25) is 4.90 Å². The van der Waals surface area contributed by atoms with E-state index in [9.17, 15) is 4.79 Å². The average Bonchev–Trinajstić information content (AvgIpc) is 2.71. The maximum atomic E-state index is 12.8. The van der Waals surface area contributed by atoms with Crippen molar-refractivity contribution < 1.29 is 19.0 Å². The molecule has 1 saturated heterocycles. The predicted octanol–water partition coefficient (Wildman–Crippen LogP) is 3.71. The smallest absolute Gasteiger partial charge is 0.412 e. The van der Waals surface area contributed by atoms with Gasteiger partial charge in [0.05, 0.1) is 12.1 Å². The van der Waals surface area contributed by atoms with Crippen LogP contribution in [0.2, 0.25) is 0 Å². The summed E-state index contributed by atoms with van der Waals surface area (Å²) in [6, 6.07) is 0. The molecule has 1 aliphatic carbocycles. The van der Waals surface area contributed by atoms with E-state index in [0.717, 1.165) is 38.5 Å². The van der Waals surface area contributed by atoms with Gasteiger partial charge in [0.2, 0.25) is 0 Å². The summed E-state index contributed by atoms with van der Waals surface area (Å²) in [7, 11) is 1.69. The summed E-state index contributed by atoms with van der Waals surface area (Å²) < 4.78 is 16.9. The molecule has 1 heterocycles. The van der Waals surface area contributed by atoms with Crippen molar-refractivity contribution in [2.45, 2.75) is 83.1 Å². The molecule has 0 aromatic heterocycles. The Bertz CT molecular complexity index is 377. The highest BCUT2D eigenvalue weighted by Gasteiger charge is 2.55. The van der Waals surface area contributed by atoms with Crippen molar-refractivity contribution in [3.8, 4) is 0 Å². The number of carbonyl (C=O) groups excluding carboxylic acids is 1. The van der Waals surface area contributed by atoms with Crippen molar-refractivity contribution in [2.75, 3.05) is 20.3 Å². The molecule has 128 valence electrons. The van der Waals surface area contributed by atoms with Crippen molar-refractivity contribution in [2.24, 2.45) is 0 Å². The molecule has 1 spiro atoms. The molecule has 0 unspecified atom stereocenters. The second-order valence-electron chi connectivity index (χ2n) is 7.27. The van der Waals surface area contributed by atoms with Crippen LogP contribution >= 0.6 is 0 Å². The molecule has 2 fully saturated rings. The molecule has 0 radical (unpaired) electrons. The van der Waals surface area contributed by atoms with E-state index < -0.39 is 5.72 Å². The van der Waals surface area contributed by atoms with Crippen LogP contribution in [0.1, 0.15) is 65.7 Å². The summed E-state index contributed by atoms with van der Waals surface area (Å²) in [4.78, 5) is 14.7. The SMILES string of the molecule is COCCC[C@H](C)OC(=O)N1C(C)(C)COC12CCCCC2. The third kappa shape index (κ3) is 3.74. The van der Waals surface area contributed by atoms with Crippen LogP contribution in [-0.2, 0) is 14.2 Å². The van der Waals surface area contributed by atoms with Gasteiger partial charge in [-0.15, -0.1) is 0 Å². The monoisotopic (exact) mass is 313 g/mol. The number of ether oxygens (including phenoxy) is 3. The third-order valence-corrected chi connectivity index (χ3v) is 4.79. The summed E-state index contributed by atoms with van der Waals surface area (Å²) in [5, 5.41) is 0. The highest BCUT2D eigenvalue weighted by atomic mass is 16.6. The van der Waals surface area contributed by atoms with E-state index in [0.29, 0.717) is 13.2 Å². The van der Waals surface area contributed by atoms with Crippen molar-refractivity contribution in [1.29, 1.82) is 0 Å². The minimum absolute atomic E-state index is 0.0975. The topological polar surface area (TPSA) is 48.0 Å². The average molecular weight is 313 g/mol. The lowest BCUT2D eigenvalue weighted by molar-refractivity contribution is -0.107. The summed E-state index contributed by atoms with van der Waals surface area (Å²) in [5.41, 5.74) is -0.744. The molecule has 0 aromatic rings.